The predicted molar refractivity (Wildman–Crippen MR) is 60.2 cm³/mol. The van der Waals surface area contributed by atoms with Gasteiger partial charge >= 0.3 is 0 Å². The Hall–Kier alpha value is -1.88. The molecule has 1 aliphatic rings. The molecule has 0 unspecified atom stereocenters. The summed E-state index contributed by atoms with van der Waals surface area (Å²) < 4.78 is 0. The Morgan fingerprint density at radius 3 is 2.81 bits per heavy atom. The lowest BCUT2D eigenvalue weighted by atomic mass is 10.1. The van der Waals surface area contributed by atoms with Crippen LogP contribution < -0.4 is 16.0 Å². The first kappa shape index (κ1) is 10.6. The zero-order chi connectivity index (χ0) is 11.5. The maximum atomic E-state index is 11.7. The molecule has 0 aliphatic carbocycles. The number of carbonyl (C=O) groups excluding carboxylic acids is 2. The Kier molecular flexibility index (Phi) is 2.87. The minimum Gasteiger partial charge on any atom is -0.366 e. The highest BCUT2D eigenvalue weighted by Crippen LogP contribution is 2.20. The summed E-state index contributed by atoms with van der Waals surface area (Å²) in [5, 5.41) is 2.98. The van der Waals surface area contributed by atoms with Crippen LogP contribution in [0.2, 0.25) is 0 Å². The molecule has 84 valence electrons. The molecule has 1 heterocycles. The topological polar surface area (TPSA) is 75.4 Å². The third-order valence-corrected chi connectivity index (χ3v) is 2.55. The van der Waals surface area contributed by atoms with E-state index in [0.29, 0.717) is 24.3 Å². The highest BCUT2D eigenvalue weighted by molar-refractivity contribution is 6.04. The van der Waals surface area contributed by atoms with Crippen molar-refractivity contribution in [2.45, 2.75) is 0 Å². The molecule has 1 saturated heterocycles. The fourth-order valence-corrected chi connectivity index (χ4v) is 1.78. The first-order valence-corrected chi connectivity index (χ1v) is 5.10. The number of carbonyl (C=O) groups is 2. The van der Waals surface area contributed by atoms with E-state index in [2.05, 4.69) is 5.32 Å². The van der Waals surface area contributed by atoms with Gasteiger partial charge in [-0.1, -0.05) is 12.1 Å². The van der Waals surface area contributed by atoms with Crippen molar-refractivity contribution in [2.75, 3.05) is 24.5 Å². The number of nitrogens with two attached hydrogens (primary N) is 1. The molecule has 5 nitrogen and oxygen atoms in total. The number of piperazine rings is 1. The molecule has 5 heteroatoms. The van der Waals surface area contributed by atoms with Gasteiger partial charge in [0.05, 0.1) is 17.8 Å². The standard InChI is InChI=1S/C11H13N3O2/c12-11(16)8-3-1-2-4-9(8)14-6-5-13-7-10(14)15/h1-4,13H,5-7H2,(H2,12,16). The summed E-state index contributed by atoms with van der Waals surface area (Å²) in [5.74, 6) is -0.554. The number of primary amides is 1. The Bertz CT molecular complexity index is 431. The largest absolute Gasteiger partial charge is 0.366 e. The molecular weight excluding hydrogens is 206 g/mol. The second-order valence-electron chi connectivity index (χ2n) is 3.60. The Balaban J connectivity index is 2.38. The van der Waals surface area contributed by atoms with Crippen molar-refractivity contribution < 1.29 is 9.59 Å². The Morgan fingerprint density at radius 1 is 1.38 bits per heavy atom. The lowest BCUT2D eigenvalue weighted by Gasteiger charge is -2.28. The Labute approximate surface area is 93.2 Å². The Morgan fingerprint density at radius 2 is 2.12 bits per heavy atom. The molecule has 0 radical (unpaired) electrons. The number of para-hydroxylation sites is 1. The number of hydrogen-bond donors (Lipinski definition) is 2. The molecule has 1 aliphatic heterocycles. The minimum atomic E-state index is -0.512. The monoisotopic (exact) mass is 219 g/mol. The van der Waals surface area contributed by atoms with Gasteiger partial charge in [-0.2, -0.15) is 0 Å². The second-order valence-corrected chi connectivity index (χ2v) is 3.60. The van der Waals surface area contributed by atoms with Gasteiger partial charge in [-0.3, -0.25) is 9.59 Å². The highest BCUT2D eigenvalue weighted by Gasteiger charge is 2.22. The molecule has 2 rings (SSSR count). The van der Waals surface area contributed by atoms with E-state index in [1.54, 1.807) is 29.2 Å². The van der Waals surface area contributed by atoms with Gasteiger partial charge in [0.15, 0.2) is 0 Å². The van der Waals surface area contributed by atoms with Crippen LogP contribution in [0.4, 0.5) is 5.69 Å². The van der Waals surface area contributed by atoms with E-state index in [4.69, 9.17) is 5.73 Å². The first-order chi connectivity index (χ1) is 7.70. The molecule has 0 bridgehead atoms. The van der Waals surface area contributed by atoms with Crippen LogP contribution in [-0.2, 0) is 4.79 Å². The summed E-state index contributed by atoms with van der Waals surface area (Å²) in [7, 11) is 0. The van der Waals surface area contributed by atoms with E-state index < -0.39 is 5.91 Å². The van der Waals surface area contributed by atoms with Gasteiger partial charge in [0.2, 0.25) is 5.91 Å². The molecule has 1 aromatic rings. The molecule has 1 aromatic carbocycles. The summed E-state index contributed by atoms with van der Waals surface area (Å²) in [6.07, 6.45) is 0. The van der Waals surface area contributed by atoms with Crippen LogP contribution in [0.1, 0.15) is 10.4 Å². The molecule has 0 saturated carbocycles. The fraction of sp³-hybridized carbons (Fsp3) is 0.273. The zero-order valence-electron chi connectivity index (χ0n) is 8.77. The molecule has 0 aromatic heterocycles. The van der Waals surface area contributed by atoms with Crippen molar-refractivity contribution in [3.05, 3.63) is 29.8 Å². The fourth-order valence-electron chi connectivity index (χ4n) is 1.78. The smallest absolute Gasteiger partial charge is 0.250 e. The summed E-state index contributed by atoms with van der Waals surface area (Å²) in [6, 6.07) is 6.89. The van der Waals surface area contributed by atoms with Gasteiger partial charge in [0.1, 0.15) is 0 Å². The van der Waals surface area contributed by atoms with Crippen LogP contribution in [0.3, 0.4) is 0 Å². The minimum absolute atomic E-state index is 0.0417. The number of anilines is 1. The van der Waals surface area contributed by atoms with Gasteiger partial charge in [0.25, 0.3) is 5.91 Å². The van der Waals surface area contributed by atoms with Crippen molar-refractivity contribution in [2.24, 2.45) is 5.73 Å². The maximum Gasteiger partial charge on any atom is 0.250 e. The normalized spacial score (nSPS) is 16.2. The van der Waals surface area contributed by atoms with Gasteiger partial charge in [-0.15, -0.1) is 0 Å². The molecule has 1 fully saturated rings. The zero-order valence-corrected chi connectivity index (χ0v) is 8.77. The molecular formula is C11H13N3O2. The quantitative estimate of drug-likeness (QED) is 0.718. The predicted octanol–water partition coefficient (Wildman–Crippen LogP) is -0.278. The van der Waals surface area contributed by atoms with Crippen LogP contribution >= 0.6 is 0 Å². The average Bonchev–Trinajstić information content (AvgIpc) is 2.29. The summed E-state index contributed by atoms with van der Waals surface area (Å²) >= 11 is 0. The first-order valence-electron chi connectivity index (χ1n) is 5.10. The molecule has 0 spiro atoms. The van der Waals surface area contributed by atoms with E-state index in [1.165, 1.54) is 0 Å². The van der Waals surface area contributed by atoms with Crippen molar-refractivity contribution >= 4 is 17.5 Å². The van der Waals surface area contributed by atoms with Crippen LogP contribution in [0.5, 0.6) is 0 Å². The summed E-state index contributed by atoms with van der Waals surface area (Å²) in [6.45, 7) is 1.58. The van der Waals surface area contributed by atoms with Gasteiger partial charge in [-0.25, -0.2) is 0 Å². The maximum absolute atomic E-state index is 11.7. The van der Waals surface area contributed by atoms with Gasteiger partial charge in [0, 0.05) is 13.1 Å². The molecule has 0 atom stereocenters. The van der Waals surface area contributed by atoms with E-state index >= 15 is 0 Å². The van der Waals surface area contributed by atoms with Crippen LogP contribution in [0, 0.1) is 0 Å². The van der Waals surface area contributed by atoms with Crippen molar-refractivity contribution in [3.63, 3.8) is 0 Å². The SMILES string of the molecule is NC(=O)c1ccccc1N1CCNCC1=O. The average molecular weight is 219 g/mol. The van der Waals surface area contributed by atoms with Crippen molar-refractivity contribution in [1.29, 1.82) is 0 Å². The van der Waals surface area contributed by atoms with E-state index in [0.717, 1.165) is 6.54 Å². The molecule has 16 heavy (non-hydrogen) atoms. The number of nitrogens with one attached hydrogen (secondary N) is 1. The third kappa shape index (κ3) is 1.90. The molecule has 3 N–H and O–H groups in total. The van der Waals surface area contributed by atoms with Crippen LogP contribution in [-0.4, -0.2) is 31.4 Å². The van der Waals surface area contributed by atoms with Crippen LogP contribution in [0.15, 0.2) is 24.3 Å². The number of rotatable bonds is 2. The second kappa shape index (κ2) is 4.32. The molecule has 2 amide bonds. The summed E-state index contributed by atoms with van der Waals surface area (Å²) in [5.41, 5.74) is 6.26. The van der Waals surface area contributed by atoms with Crippen molar-refractivity contribution in [1.82, 2.24) is 5.32 Å². The lowest BCUT2D eigenvalue weighted by Crippen LogP contribution is -2.48. The number of nitrogens with zero attached hydrogens (tertiary/aromatic N) is 1. The van der Waals surface area contributed by atoms with E-state index in [9.17, 15) is 9.59 Å². The number of amides is 2. The van der Waals surface area contributed by atoms with Gasteiger partial charge < -0.3 is 16.0 Å². The number of hydrogen-bond acceptors (Lipinski definition) is 3. The number of benzene rings is 1. The van der Waals surface area contributed by atoms with E-state index in [1.807, 2.05) is 0 Å². The van der Waals surface area contributed by atoms with E-state index in [-0.39, 0.29) is 5.91 Å². The highest BCUT2D eigenvalue weighted by atomic mass is 16.2. The van der Waals surface area contributed by atoms with Crippen LogP contribution in [0.25, 0.3) is 0 Å². The third-order valence-electron chi connectivity index (χ3n) is 2.55. The van der Waals surface area contributed by atoms with Gasteiger partial charge in [-0.05, 0) is 12.1 Å². The lowest BCUT2D eigenvalue weighted by molar-refractivity contribution is -0.118. The summed E-state index contributed by atoms with van der Waals surface area (Å²) in [4.78, 5) is 24.5. The van der Waals surface area contributed by atoms with Crippen molar-refractivity contribution in [3.8, 4) is 0 Å².